The van der Waals surface area contributed by atoms with Gasteiger partial charge in [0.05, 0.1) is 43.9 Å². The largest absolute Gasteiger partial charge is 0.391 e. The molecule has 6 heterocycles. The first-order valence-electron chi connectivity index (χ1n) is 48.1. The second kappa shape index (κ2) is 53.4. The summed E-state index contributed by atoms with van der Waals surface area (Å²) in [5.74, 6) is -11.2. The molecule has 0 saturated carbocycles. The number of hydrogen-bond donors (Lipinski definition) is 23. The van der Waals surface area contributed by atoms with E-state index in [9.17, 15) is 57.8 Å². The standard InChI is InChI=1S/C99H133N23O17S/c1-57(2)85(119-95(135)77(49-63-52-107-70-34-15-12-31-66(63)70)114-89(129)67(102)45-59-25-6-4-7-26-59)98(138)122-44-24-38-79(122)96(136)117-74(46-60-27-8-5-9-28-60)92(132)115-76(48-62-51-106-69-33-14-11-30-65(62)69)94(134)116-75(47-61-50-105-68-32-13-10-29-64(61)68)93(133)112-73(37-19-22-42-101)91(131)120-86(58(3)123)97(137)113-72(36-18-21-41-100)90(130)110-54-83(126)108-53-82(125)109-55-84(127)111-71(88(103)128)35-20-23-43-104-81(124)40-17-16-39-80-87-78(56-140-80)118-99(139)121-87/h4-15,25-34,50-52,57-58,67,71-80,85-87,105-107,123H,16-24,35-49,53-56,100-102H2,1-3H3,(H2,103,128)(H,104,124)(H,108,126)(H,109,125)(H,110,130)(H,111,127)(H,112,133)(H,113,137)(H,114,129)(H,115,132)(H,116,134)(H,117,136)(H,119,135)(H,120,131)(H2,118,121,139)/t58-,67+,71+,72+,73+,74+,75+,76+,77+,78+,79+,80+,85+,86+,87+/m1/s1. The maximum absolute atomic E-state index is 15.8. The van der Waals surface area contributed by atoms with Crippen molar-refractivity contribution in [1.82, 2.24) is 99.6 Å². The number of thioether (sulfide) groups is 1. The van der Waals surface area contributed by atoms with Crippen molar-refractivity contribution in [2.45, 2.75) is 239 Å². The van der Waals surface area contributed by atoms with Crippen LogP contribution in [0.4, 0.5) is 4.79 Å². The Morgan fingerprint density at radius 1 is 0.443 bits per heavy atom. The van der Waals surface area contributed by atoms with Gasteiger partial charge in [-0.25, -0.2) is 4.79 Å². The Kier molecular flexibility index (Phi) is 40.7. The van der Waals surface area contributed by atoms with Crippen LogP contribution in [0.25, 0.3) is 32.7 Å². The van der Waals surface area contributed by atoms with Crippen molar-refractivity contribution in [3.05, 3.63) is 180 Å². The summed E-state index contributed by atoms with van der Waals surface area (Å²) in [6.45, 7) is 3.49. The molecular weight excluding hydrogens is 1820 g/mol. The number of para-hydroxylation sites is 3. The average Bonchev–Trinajstić information content (AvgIpc) is 1.62. The third-order valence-electron chi connectivity index (χ3n) is 25.4. The number of aliphatic hydroxyl groups excluding tert-OH is 1. The van der Waals surface area contributed by atoms with E-state index in [2.05, 4.69) is 94.7 Å². The molecular formula is C99H133N23O17S. The highest BCUT2D eigenvalue weighted by atomic mass is 32.2. The Morgan fingerprint density at radius 3 is 1.42 bits per heavy atom. The number of urea groups is 1. The maximum atomic E-state index is 15.8. The van der Waals surface area contributed by atoms with Gasteiger partial charge in [0.25, 0.3) is 0 Å². The van der Waals surface area contributed by atoms with Gasteiger partial charge < -0.3 is 128 Å². The number of aliphatic hydroxyl groups is 1. The first-order chi connectivity index (χ1) is 67.4. The summed E-state index contributed by atoms with van der Waals surface area (Å²) in [7, 11) is 0. The third kappa shape index (κ3) is 31.4. The molecule has 0 unspecified atom stereocenters. The highest BCUT2D eigenvalue weighted by Crippen LogP contribution is 2.34. The van der Waals surface area contributed by atoms with Gasteiger partial charge in [-0.2, -0.15) is 11.8 Å². The molecule has 41 heteroatoms. The van der Waals surface area contributed by atoms with Gasteiger partial charge in [-0.3, -0.25) is 71.9 Å². The number of likely N-dealkylation sites (tertiary alicyclic amines) is 1. The molecule has 11 rings (SSSR count). The van der Waals surface area contributed by atoms with Crippen LogP contribution >= 0.6 is 11.8 Å². The first-order valence-corrected chi connectivity index (χ1v) is 49.1. The first kappa shape index (κ1) is 107. The fraction of sp³-hybridized carbons (Fsp3) is 0.475. The molecule has 140 heavy (non-hydrogen) atoms. The van der Waals surface area contributed by atoms with Crippen LogP contribution in [0.1, 0.15) is 145 Å². The molecule has 17 amide bonds. The zero-order valence-corrected chi connectivity index (χ0v) is 79.9. The molecule has 3 saturated heterocycles. The third-order valence-corrected chi connectivity index (χ3v) is 26.9. The van der Waals surface area contributed by atoms with E-state index in [4.69, 9.17) is 22.9 Å². The molecule has 752 valence electrons. The Bertz CT molecular complexity index is 5600. The molecule has 3 aliphatic rings. The van der Waals surface area contributed by atoms with Crippen LogP contribution in [0.15, 0.2) is 152 Å². The lowest BCUT2D eigenvalue weighted by atomic mass is 9.99. The summed E-state index contributed by atoms with van der Waals surface area (Å²) in [5.41, 5.74) is 29.3. The number of nitrogens with zero attached hydrogens (tertiary/aromatic N) is 1. The van der Waals surface area contributed by atoms with Gasteiger partial charge in [0, 0.05) is 107 Å². The molecule has 3 aliphatic heterocycles. The second-order valence-electron chi connectivity index (χ2n) is 36.3. The van der Waals surface area contributed by atoms with Crippen LogP contribution in [0.5, 0.6) is 0 Å². The second-order valence-corrected chi connectivity index (χ2v) is 37.5. The molecule has 15 atom stereocenters. The lowest BCUT2D eigenvalue weighted by Crippen LogP contribution is -2.62. The van der Waals surface area contributed by atoms with E-state index in [0.717, 1.165) is 35.1 Å². The number of amides is 17. The summed E-state index contributed by atoms with van der Waals surface area (Å²) >= 11 is 1.81. The van der Waals surface area contributed by atoms with Gasteiger partial charge in [0.2, 0.25) is 88.6 Å². The van der Waals surface area contributed by atoms with E-state index < -0.39 is 181 Å². The number of carbonyl (C=O) groups is 16. The topological polar surface area (TPSA) is 628 Å². The van der Waals surface area contributed by atoms with Crippen molar-refractivity contribution in [1.29, 1.82) is 0 Å². The number of aromatic amines is 3. The van der Waals surface area contributed by atoms with Crippen molar-refractivity contribution in [3.63, 3.8) is 0 Å². The van der Waals surface area contributed by atoms with Crippen molar-refractivity contribution in [2.75, 3.05) is 51.6 Å². The molecule has 27 N–H and O–H groups in total. The number of hydrogen-bond acceptors (Lipinski definition) is 21. The van der Waals surface area contributed by atoms with Gasteiger partial charge in [-0.05, 0) is 162 Å². The lowest BCUT2D eigenvalue weighted by Gasteiger charge is -2.32. The molecule has 8 aromatic rings. The number of H-pyrrole nitrogens is 3. The molecule has 0 aliphatic carbocycles. The van der Waals surface area contributed by atoms with Crippen molar-refractivity contribution in [3.8, 4) is 0 Å². The number of rotatable bonds is 56. The monoisotopic (exact) mass is 1950 g/mol. The van der Waals surface area contributed by atoms with E-state index in [-0.39, 0.29) is 114 Å². The molecule has 0 spiro atoms. The molecule has 40 nitrogen and oxygen atoms in total. The number of primary amides is 1. The fourth-order valence-corrected chi connectivity index (χ4v) is 19.2. The van der Waals surface area contributed by atoms with Crippen LogP contribution in [0.3, 0.4) is 0 Å². The molecule has 5 aromatic carbocycles. The van der Waals surface area contributed by atoms with Gasteiger partial charge in [0.15, 0.2) is 0 Å². The van der Waals surface area contributed by atoms with E-state index >= 15 is 24.0 Å². The Hall–Kier alpha value is -13.8. The average molecular weight is 1950 g/mol. The van der Waals surface area contributed by atoms with Crippen molar-refractivity contribution >= 4 is 139 Å². The van der Waals surface area contributed by atoms with Crippen molar-refractivity contribution in [2.24, 2.45) is 28.9 Å². The van der Waals surface area contributed by atoms with Crippen LogP contribution in [-0.4, -0.2) is 261 Å². The van der Waals surface area contributed by atoms with Crippen LogP contribution in [-0.2, 0) is 104 Å². The Morgan fingerprint density at radius 2 is 0.893 bits per heavy atom. The summed E-state index contributed by atoms with van der Waals surface area (Å²) in [6, 6.07) is 24.9. The zero-order valence-electron chi connectivity index (χ0n) is 79.1. The van der Waals surface area contributed by atoms with Crippen molar-refractivity contribution < 1.29 is 81.8 Å². The summed E-state index contributed by atoms with van der Waals surface area (Å²) in [6.07, 6.45) is 8.40. The number of aromatic nitrogens is 3. The summed E-state index contributed by atoms with van der Waals surface area (Å²) in [4.78, 5) is 236. The Labute approximate surface area is 815 Å². The molecule has 3 fully saturated rings. The normalized spacial score (nSPS) is 17.3. The highest BCUT2D eigenvalue weighted by Gasteiger charge is 2.45. The SMILES string of the molecule is CC(C)[C@H](NC(=O)[C@H](Cc1c[nH]c2ccccc12)NC(=O)[C@@H](N)Cc1ccccc1)C(=O)N1CCC[C@H]1C(=O)N[C@@H](Cc1ccccc1)C(=O)N[C@@H](Cc1c[nH]c2ccccc12)C(=O)N[C@@H](Cc1c[nH]c2ccccc12)C(=O)N[C@@H](CCCCN)C(=O)N[C@H](C(=O)N[C@@H](CCCCN)C(=O)NCC(=O)NCC(=O)NCC(=O)N[C@@H](CCCCNC(=O)CCCC[C@@H]1SC[C@@H]2NC(=O)N[C@@H]21)C(N)=O)[C@@H](C)O. The number of unbranched alkanes of at least 4 members (excludes halogenated alkanes) is 4. The van der Waals surface area contributed by atoms with E-state index in [1.165, 1.54) is 11.8 Å². The molecule has 0 bridgehead atoms. The minimum Gasteiger partial charge on any atom is -0.391 e. The quantitative estimate of drug-likeness (QED) is 0.0182. The van der Waals surface area contributed by atoms with Crippen LogP contribution in [0.2, 0.25) is 0 Å². The van der Waals surface area contributed by atoms with E-state index in [1.807, 2.05) is 90.6 Å². The molecule has 3 aromatic heterocycles. The zero-order chi connectivity index (χ0) is 100. The lowest BCUT2D eigenvalue weighted by molar-refractivity contribution is -0.143. The number of fused-ring (bicyclic) bond motifs is 4. The number of benzene rings is 5. The van der Waals surface area contributed by atoms with Gasteiger partial charge >= 0.3 is 6.03 Å². The number of nitrogens with one attached hydrogen (secondary N) is 18. The smallest absolute Gasteiger partial charge is 0.315 e. The minimum absolute atomic E-state index is 0.0118. The fourth-order valence-electron chi connectivity index (χ4n) is 17.6. The number of nitrogens with two attached hydrogens (primary N) is 4. The van der Waals surface area contributed by atoms with Gasteiger partial charge in [-0.1, -0.05) is 136 Å². The van der Waals surface area contributed by atoms with Crippen LogP contribution in [0, 0.1) is 5.92 Å². The predicted octanol–water partition coefficient (Wildman–Crippen LogP) is 0.466. The maximum Gasteiger partial charge on any atom is 0.315 e. The van der Waals surface area contributed by atoms with Gasteiger partial charge in [-0.15, -0.1) is 0 Å². The minimum atomic E-state index is -1.80. The summed E-state index contributed by atoms with van der Waals surface area (Å²) < 4.78 is 0. The summed E-state index contributed by atoms with van der Waals surface area (Å²) in [5, 5.41) is 54.6. The van der Waals surface area contributed by atoms with Crippen LogP contribution < -0.4 is 103 Å². The van der Waals surface area contributed by atoms with E-state index in [1.54, 1.807) is 87.0 Å². The predicted molar refractivity (Wildman–Crippen MR) is 528 cm³/mol. The van der Waals surface area contributed by atoms with Gasteiger partial charge in [0.1, 0.15) is 60.4 Å². The Balaban J connectivity index is 0.727. The van der Waals surface area contributed by atoms with E-state index in [0.29, 0.717) is 101 Å². The molecule has 0 radical (unpaired) electrons. The highest BCUT2D eigenvalue weighted by molar-refractivity contribution is 8.00. The number of carbonyl (C=O) groups excluding carboxylic acids is 16.